The minimum Gasteiger partial charge on any atom is -0.271 e. The van der Waals surface area contributed by atoms with Crippen LogP contribution in [0.1, 0.15) is 39.0 Å². The molecular formula is C10H20F2N2. The highest BCUT2D eigenvalue weighted by atomic mass is 19.3. The Morgan fingerprint density at radius 2 is 1.86 bits per heavy atom. The fourth-order valence-corrected chi connectivity index (χ4v) is 2.37. The van der Waals surface area contributed by atoms with Crippen LogP contribution in [-0.2, 0) is 0 Å². The van der Waals surface area contributed by atoms with E-state index >= 15 is 0 Å². The number of hydrogen-bond donors (Lipinski definition) is 2. The Morgan fingerprint density at radius 1 is 1.29 bits per heavy atom. The van der Waals surface area contributed by atoms with E-state index in [-0.39, 0.29) is 5.92 Å². The Balaban J connectivity index is 2.39. The van der Waals surface area contributed by atoms with Crippen LogP contribution in [0, 0.1) is 11.8 Å². The molecule has 0 radical (unpaired) electrons. The van der Waals surface area contributed by atoms with Crippen LogP contribution in [0.4, 0.5) is 8.78 Å². The summed E-state index contributed by atoms with van der Waals surface area (Å²) >= 11 is 0. The van der Waals surface area contributed by atoms with Gasteiger partial charge in [0.05, 0.1) is 6.04 Å². The van der Waals surface area contributed by atoms with Gasteiger partial charge < -0.3 is 0 Å². The molecule has 1 aliphatic carbocycles. The zero-order valence-electron chi connectivity index (χ0n) is 8.68. The third-order valence-corrected chi connectivity index (χ3v) is 3.44. The molecule has 1 atom stereocenters. The first-order chi connectivity index (χ1) is 6.69. The molecule has 84 valence electrons. The van der Waals surface area contributed by atoms with E-state index in [0.717, 1.165) is 31.6 Å². The molecule has 1 unspecified atom stereocenters. The lowest BCUT2D eigenvalue weighted by molar-refractivity contribution is 0.0521. The van der Waals surface area contributed by atoms with Crippen LogP contribution in [0.25, 0.3) is 0 Å². The molecule has 1 fully saturated rings. The lowest BCUT2D eigenvalue weighted by Crippen LogP contribution is -2.46. The normalized spacial score (nSPS) is 30.6. The van der Waals surface area contributed by atoms with Crippen molar-refractivity contribution < 1.29 is 8.78 Å². The van der Waals surface area contributed by atoms with E-state index in [4.69, 9.17) is 5.84 Å². The summed E-state index contributed by atoms with van der Waals surface area (Å²) < 4.78 is 25.0. The molecule has 1 rings (SSSR count). The molecule has 0 heterocycles. The van der Waals surface area contributed by atoms with Gasteiger partial charge in [-0.3, -0.25) is 11.3 Å². The molecule has 1 aliphatic rings. The molecule has 0 aromatic carbocycles. The van der Waals surface area contributed by atoms with Crippen LogP contribution in [0.2, 0.25) is 0 Å². The van der Waals surface area contributed by atoms with E-state index in [1.807, 2.05) is 0 Å². The monoisotopic (exact) mass is 206 g/mol. The highest BCUT2D eigenvalue weighted by molar-refractivity contribution is 4.81. The lowest BCUT2D eigenvalue weighted by Gasteiger charge is -2.32. The average molecular weight is 206 g/mol. The molecule has 4 heteroatoms. The molecule has 0 amide bonds. The number of rotatable bonds is 4. The predicted molar refractivity (Wildman–Crippen MR) is 52.9 cm³/mol. The van der Waals surface area contributed by atoms with E-state index in [2.05, 4.69) is 12.3 Å². The van der Waals surface area contributed by atoms with E-state index in [1.54, 1.807) is 0 Å². The minimum atomic E-state index is -2.34. The first-order valence-corrected chi connectivity index (χ1v) is 5.43. The van der Waals surface area contributed by atoms with Gasteiger partial charge in [-0.25, -0.2) is 8.78 Å². The third-order valence-electron chi connectivity index (χ3n) is 3.44. The van der Waals surface area contributed by atoms with Crippen LogP contribution in [0.3, 0.4) is 0 Å². The van der Waals surface area contributed by atoms with Crippen LogP contribution in [0.15, 0.2) is 0 Å². The van der Waals surface area contributed by atoms with E-state index < -0.39 is 12.5 Å². The SMILES string of the molecule is CCC1CCC(C(NN)C(F)F)CC1. The molecule has 0 bridgehead atoms. The van der Waals surface area contributed by atoms with Crippen LogP contribution < -0.4 is 11.3 Å². The third kappa shape index (κ3) is 2.89. The van der Waals surface area contributed by atoms with Gasteiger partial charge in [0.1, 0.15) is 0 Å². The number of hydrazine groups is 1. The molecule has 3 N–H and O–H groups in total. The summed E-state index contributed by atoms with van der Waals surface area (Å²) in [7, 11) is 0. The Hall–Kier alpha value is -0.220. The van der Waals surface area contributed by atoms with Crippen LogP contribution >= 0.6 is 0 Å². The van der Waals surface area contributed by atoms with E-state index in [1.165, 1.54) is 6.42 Å². The van der Waals surface area contributed by atoms with Gasteiger partial charge in [-0.05, 0) is 24.7 Å². The lowest BCUT2D eigenvalue weighted by atomic mass is 9.78. The van der Waals surface area contributed by atoms with Crippen LogP contribution in [-0.4, -0.2) is 12.5 Å². The molecule has 1 saturated carbocycles. The topological polar surface area (TPSA) is 38.0 Å². The highest BCUT2D eigenvalue weighted by Crippen LogP contribution is 2.33. The fourth-order valence-electron chi connectivity index (χ4n) is 2.37. The molecule has 0 aromatic heterocycles. The summed E-state index contributed by atoms with van der Waals surface area (Å²) in [5.74, 6) is 5.94. The van der Waals surface area contributed by atoms with Crippen LogP contribution in [0.5, 0.6) is 0 Å². The predicted octanol–water partition coefficient (Wildman–Crippen LogP) is 2.30. The second kappa shape index (κ2) is 5.61. The molecule has 2 nitrogen and oxygen atoms in total. The summed E-state index contributed by atoms with van der Waals surface area (Å²) in [6, 6.07) is -0.812. The zero-order valence-corrected chi connectivity index (χ0v) is 8.68. The van der Waals surface area contributed by atoms with Gasteiger partial charge in [0.15, 0.2) is 0 Å². The van der Waals surface area contributed by atoms with E-state index in [0.29, 0.717) is 0 Å². The second-order valence-electron chi connectivity index (χ2n) is 4.22. The van der Waals surface area contributed by atoms with Crippen molar-refractivity contribution in [1.82, 2.24) is 5.43 Å². The maximum Gasteiger partial charge on any atom is 0.255 e. The Morgan fingerprint density at radius 3 is 2.21 bits per heavy atom. The zero-order chi connectivity index (χ0) is 10.6. The molecule has 14 heavy (non-hydrogen) atoms. The Kier molecular flexibility index (Phi) is 4.75. The Bertz CT molecular complexity index is 156. The average Bonchev–Trinajstić information content (AvgIpc) is 2.19. The fraction of sp³-hybridized carbons (Fsp3) is 1.00. The van der Waals surface area contributed by atoms with Crippen molar-refractivity contribution in [3.8, 4) is 0 Å². The number of nitrogens with one attached hydrogen (secondary N) is 1. The van der Waals surface area contributed by atoms with Crippen molar-refractivity contribution in [2.24, 2.45) is 17.7 Å². The Labute approximate surface area is 84.2 Å². The van der Waals surface area contributed by atoms with E-state index in [9.17, 15) is 8.78 Å². The van der Waals surface area contributed by atoms with Crippen molar-refractivity contribution in [3.05, 3.63) is 0 Å². The largest absolute Gasteiger partial charge is 0.271 e. The summed E-state index contributed by atoms with van der Waals surface area (Å²) in [5, 5.41) is 0. The summed E-state index contributed by atoms with van der Waals surface area (Å²) in [4.78, 5) is 0. The van der Waals surface area contributed by atoms with Gasteiger partial charge in [0.2, 0.25) is 0 Å². The second-order valence-corrected chi connectivity index (χ2v) is 4.22. The molecule has 0 spiro atoms. The van der Waals surface area contributed by atoms with Gasteiger partial charge in [-0.1, -0.05) is 26.2 Å². The van der Waals surface area contributed by atoms with Gasteiger partial charge in [-0.2, -0.15) is 0 Å². The maximum absolute atomic E-state index is 12.5. The van der Waals surface area contributed by atoms with Crippen molar-refractivity contribution in [2.45, 2.75) is 51.5 Å². The first-order valence-electron chi connectivity index (χ1n) is 5.43. The van der Waals surface area contributed by atoms with Gasteiger partial charge in [0.25, 0.3) is 6.43 Å². The smallest absolute Gasteiger partial charge is 0.255 e. The van der Waals surface area contributed by atoms with Gasteiger partial charge in [0, 0.05) is 0 Å². The highest BCUT2D eigenvalue weighted by Gasteiger charge is 2.31. The van der Waals surface area contributed by atoms with Crippen molar-refractivity contribution in [1.29, 1.82) is 0 Å². The summed E-state index contributed by atoms with van der Waals surface area (Å²) in [6.45, 7) is 2.16. The first kappa shape index (κ1) is 11.9. The molecule has 0 aliphatic heterocycles. The number of alkyl halides is 2. The molecule has 0 saturated heterocycles. The minimum absolute atomic E-state index is 0.0581. The molecule has 0 aromatic rings. The number of nitrogens with two attached hydrogens (primary N) is 1. The molecular weight excluding hydrogens is 186 g/mol. The number of halogens is 2. The maximum atomic E-state index is 12.5. The van der Waals surface area contributed by atoms with Gasteiger partial charge >= 0.3 is 0 Å². The summed E-state index contributed by atoms with van der Waals surface area (Å²) in [5.41, 5.74) is 2.25. The van der Waals surface area contributed by atoms with Crippen molar-refractivity contribution in [2.75, 3.05) is 0 Å². The number of hydrogen-bond acceptors (Lipinski definition) is 2. The standard InChI is InChI=1S/C10H20F2N2/c1-2-7-3-5-8(6-4-7)9(14-13)10(11)12/h7-10,14H,2-6,13H2,1H3. The quantitative estimate of drug-likeness (QED) is 0.547. The van der Waals surface area contributed by atoms with Crippen molar-refractivity contribution >= 4 is 0 Å². The van der Waals surface area contributed by atoms with Gasteiger partial charge in [-0.15, -0.1) is 0 Å². The van der Waals surface area contributed by atoms with Crippen molar-refractivity contribution in [3.63, 3.8) is 0 Å². The summed E-state index contributed by atoms with van der Waals surface area (Å²) in [6.07, 6.45) is 2.75.